The van der Waals surface area contributed by atoms with Crippen molar-refractivity contribution in [3.05, 3.63) is 35.6 Å². The monoisotopic (exact) mass is 301 g/mol. The molecule has 2 atom stereocenters. The molecule has 4 heteroatoms. The number of rotatable bonds is 4. The predicted molar refractivity (Wildman–Crippen MR) is 70.5 cm³/mol. The molecule has 0 radical (unpaired) electrons. The van der Waals surface area contributed by atoms with Crippen molar-refractivity contribution in [3.63, 3.8) is 0 Å². The van der Waals surface area contributed by atoms with E-state index in [2.05, 4.69) is 21.2 Å². The molecule has 0 aliphatic heterocycles. The highest BCUT2D eigenvalue weighted by molar-refractivity contribution is 9.10. The fraction of sp³-hybridized carbons (Fsp3) is 0.462. The minimum atomic E-state index is -0.331. The van der Waals surface area contributed by atoms with E-state index in [4.69, 9.17) is 0 Å². The van der Waals surface area contributed by atoms with Gasteiger partial charge in [0.25, 0.3) is 0 Å². The zero-order chi connectivity index (χ0) is 13.0. The maximum absolute atomic E-state index is 13.5. The molecule has 0 aromatic heterocycles. The molecule has 1 rings (SSSR count). The van der Waals surface area contributed by atoms with Gasteiger partial charge in [-0.1, -0.05) is 48.0 Å². The van der Waals surface area contributed by atoms with Crippen molar-refractivity contribution < 1.29 is 9.18 Å². The van der Waals surface area contributed by atoms with Crippen molar-refractivity contribution in [2.24, 2.45) is 5.92 Å². The SMILES string of the molecule is CC(NC(=O)C(Br)C(C)C)c1ccccc1F. The fourth-order valence-electron chi connectivity index (χ4n) is 1.50. The number of hydrogen-bond acceptors (Lipinski definition) is 1. The Morgan fingerprint density at radius 1 is 1.29 bits per heavy atom. The smallest absolute Gasteiger partial charge is 0.234 e. The first-order valence-corrected chi connectivity index (χ1v) is 6.54. The second-order valence-electron chi connectivity index (χ2n) is 4.40. The van der Waals surface area contributed by atoms with Crippen LogP contribution in [-0.4, -0.2) is 10.7 Å². The van der Waals surface area contributed by atoms with Gasteiger partial charge in [-0.05, 0) is 18.9 Å². The minimum absolute atomic E-state index is 0.115. The van der Waals surface area contributed by atoms with Crippen LogP contribution in [0, 0.1) is 11.7 Å². The van der Waals surface area contributed by atoms with Gasteiger partial charge in [0.2, 0.25) is 5.91 Å². The van der Waals surface area contributed by atoms with Crippen LogP contribution in [0.5, 0.6) is 0 Å². The van der Waals surface area contributed by atoms with E-state index < -0.39 is 0 Å². The average molecular weight is 302 g/mol. The van der Waals surface area contributed by atoms with E-state index in [0.717, 1.165) is 0 Å². The molecule has 1 aromatic rings. The Bertz CT molecular complexity index is 395. The second-order valence-corrected chi connectivity index (χ2v) is 5.38. The van der Waals surface area contributed by atoms with Gasteiger partial charge >= 0.3 is 0 Å². The Labute approximate surface area is 110 Å². The van der Waals surface area contributed by atoms with Crippen molar-refractivity contribution in [3.8, 4) is 0 Å². The van der Waals surface area contributed by atoms with Crippen LogP contribution in [0.2, 0.25) is 0 Å². The van der Waals surface area contributed by atoms with Gasteiger partial charge in [0.1, 0.15) is 5.82 Å². The molecule has 2 nitrogen and oxygen atoms in total. The van der Waals surface area contributed by atoms with Crippen molar-refractivity contribution in [2.45, 2.75) is 31.6 Å². The lowest BCUT2D eigenvalue weighted by molar-refractivity contribution is -0.121. The summed E-state index contributed by atoms with van der Waals surface area (Å²) < 4.78 is 13.5. The minimum Gasteiger partial charge on any atom is -0.348 e. The van der Waals surface area contributed by atoms with Crippen molar-refractivity contribution >= 4 is 21.8 Å². The standard InChI is InChI=1S/C13H17BrFNO/c1-8(2)12(14)13(17)16-9(3)10-6-4-5-7-11(10)15/h4-9,12H,1-3H3,(H,16,17). The van der Waals surface area contributed by atoms with E-state index in [9.17, 15) is 9.18 Å². The molecule has 1 N–H and O–H groups in total. The van der Waals surface area contributed by atoms with Crippen LogP contribution in [0.25, 0.3) is 0 Å². The van der Waals surface area contributed by atoms with Crippen molar-refractivity contribution in [1.82, 2.24) is 5.32 Å². The third kappa shape index (κ3) is 3.80. The van der Waals surface area contributed by atoms with Crippen LogP contribution in [0.15, 0.2) is 24.3 Å². The van der Waals surface area contributed by atoms with Crippen molar-refractivity contribution in [2.75, 3.05) is 0 Å². The summed E-state index contributed by atoms with van der Waals surface area (Å²) in [5, 5.41) is 2.79. The number of benzene rings is 1. The molecule has 1 amide bonds. The molecule has 0 spiro atoms. The number of alkyl halides is 1. The topological polar surface area (TPSA) is 29.1 Å². The van der Waals surface area contributed by atoms with Gasteiger partial charge in [-0.15, -0.1) is 0 Å². The summed E-state index contributed by atoms with van der Waals surface area (Å²) in [4.78, 5) is 11.5. The normalized spacial score (nSPS) is 14.5. The van der Waals surface area contributed by atoms with Gasteiger partial charge in [-0.2, -0.15) is 0 Å². The quantitative estimate of drug-likeness (QED) is 0.848. The summed E-state index contributed by atoms with van der Waals surface area (Å²) in [6, 6.07) is 6.14. The van der Waals surface area contributed by atoms with E-state index in [1.807, 2.05) is 13.8 Å². The summed E-state index contributed by atoms with van der Waals surface area (Å²) in [6.07, 6.45) is 0. The van der Waals surface area contributed by atoms with Gasteiger partial charge in [-0.3, -0.25) is 4.79 Å². The Morgan fingerprint density at radius 2 is 1.88 bits per heavy atom. The maximum atomic E-state index is 13.5. The molecule has 0 saturated carbocycles. The Balaban J connectivity index is 2.70. The Kier molecular flexibility index (Phi) is 5.12. The second kappa shape index (κ2) is 6.15. The molecule has 17 heavy (non-hydrogen) atoms. The molecule has 0 aliphatic carbocycles. The lowest BCUT2D eigenvalue weighted by Gasteiger charge is -2.19. The fourth-order valence-corrected chi connectivity index (χ4v) is 1.63. The van der Waals surface area contributed by atoms with Gasteiger partial charge in [0, 0.05) is 5.56 Å². The summed E-state index contributed by atoms with van der Waals surface area (Å²) in [6.45, 7) is 5.68. The molecule has 0 bridgehead atoms. The first-order valence-electron chi connectivity index (χ1n) is 5.62. The number of carbonyl (C=O) groups excluding carboxylic acids is 1. The Hall–Kier alpha value is -0.900. The van der Waals surface area contributed by atoms with Gasteiger partial charge in [0.05, 0.1) is 10.9 Å². The van der Waals surface area contributed by atoms with E-state index in [-0.39, 0.29) is 28.5 Å². The van der Waals surface area contributed by atoms with Gasteiger partial charge in [0.15, 0.2) is 0 Å². The lowest BCUT2D eigenvalue weighted by atomic mass is 10.1. The van der Waals surface area contributed by atoms with Crippen LogP contribution in [0.4, 0.5) is 4.39 Å². The molecule has 1 aromatic carbocycles. The maximum Gasteiger partial charge on any atom is 0.234 e. The molecule has 0 fully saturated rings. The van der Waals surface area contributed by atoms with E-state index in [1.54, 1.807) is 25.1 Å². The number of nitrogens with one attached hydrogen (secondary N) is 1. The molecule has 2 unspecified atom stereocenters. The highest BCUT2D eigenvalue weighted by Gasteiger charge is 2.21. The van der Waals surface area contributed by atoms with Crippen LogP contribution in [-0.2, 0) is 4.79 Å². The van der Waals surface area contributed by atoms with E-state index >= 15 is 0 Å². The van der Waals surface area contributed by atoms with E-state index in [1.165, 1.54) is 6.07 Å². The molecule has 0 saturated heterocycles. The number of amides is 1. The van der Waals surface area contributed by atoms with Gasteiger partial charge < -0.3 is 5.32 Å². The molecule has 0 heterocycles. The number of hydrogen-bond donors (Lipinski definition) is 1. The first-order chi connectivity index (χ1) is 7.93. The highest BCUT2D eigenvalue weighted by Crippen LogP contribution is 2.18. The Morgan fingerprint density at radius 3 is 2.41 bits per heavy atom. The highest BCUT2D eigenvalue weighted by atomic mass is 79.9. The summed E-state index contributed by atoms with van der Waals surface area (Å²) in [5.41, 5.74) is 0.504. The summed E-state index contributed by atoms with van der Waals surface area (Å²) in [7, 11) is 0. The van der Waals surface area contributed by atoms with Crippen LogP contribution in [0.1, 0.15) is 32.4 Å². The first kappa shape index (κ1) is 14.2. The van der Waals surface area contributed by atoms with E-state index in [0.29, 0.717) is 5.56 Å². The number of carbonyl (C=O) groups is 1. The van der Waals surface area contributed by atoms with Gasteiger partial charge in [-0.25, -0.2) is 4.39 Å². The average Bonchev–Trinajstić information content (AvgIpc) is 2.28. The third-order valence-corrected chi connectivity index (χ3v) is 4.04. The third-order valence-electron chi connectivity index (χ3n) is 2.57. The largest absolute Gasteiger partial charge is 0.348 e. The lowest BCUT2D eigenvalue weighted by Crippen LogP contribution is -2.35. The molecule has 94 valence electrons. The molecular formula is C13H17BrFNO. The zero-order valence-corrected chi connectivity index (χ0v) is 11.8. The van der Waals surface area contributed by atoms with Crippen LogP contribution < -0.4 is 5.32 Å². The summed E-state index contributed by atoms with van der Waals surface area (Å²) in [5.74, 6) is -0.213. The zero-order valence-electron chi connectivity index (χ0n) is 10.2. The summed E-state index contributed by atoms with van der Waals surface area (Å²) >= 11 is 3.32. The van der Waals surface area contributed by atoms with Crippen molar-refractivity contribution in [1.29, 1.82) is 0 Å². The van der Waals surface area contributed by atoms with Crippen LogP contribution >= 0.6 is 15.9 Å². The van der Waals surface area contributed by atoms with Crippen LogP contribution in [0.3, 0.4) is 0 Å². The number of halogens is 2. The predicted octanol–water partition coefficient (Wildman–Crippen LogP) is 3.42. The molecular weight excluding hydrogens is 285 g/mol. The molecule has 0 aliphatic rings.